The molecule has 0 fully saturated rings. The van der Waals surface area contributed by atoms with Crippen LogP contribution in [-0.2, 0) is 0 Å². The van der Waals surface area contributed by atoms with Gasteiger partial charge in [-0.1, -0.05) is 0 Å². The minimum absolute atomic E-state index is 0.180. The first-order chi connectivity index (χ1) is 5.15. The van der Waals surface area contributed by atoms with Crippen molar-refractivity contribution in [1.82, 2.24) is 0 Å². The van der Waals surface area contributed by atoms with Crippen LogP contribution in [0.1, 0.15) is 5.69 Å². The molecule has 0 aliphatic heterocycles. The average Bonchev–Trinajstić information content (AvgIpc) is 1.85. The minimum atomic E-state index is -0.822. The van der Waals surface area contributed by atoms with Gasteiger partial charge >= 0.3 is 5.69 Å². The molecule has 1 aromatic heterocycles. The van der Waals surface area contributed by atoms with Crippen LogP contribution in [-0.4, -0.2) is 0 Å². The first-order valence-electron chi connectivity index (χ1n) is 2.63. The van der Waals surface area contributed by atoms with Gasteiger partial charge in [-0.15, -0.1) is 0 Å². The van der Waals surface area contributed by atoms with Crippen molar-refractivity contribution in [2.75, 3.05) is 0 Å². The van der Waals surface area contributed by atoms with Gasteiger partial charge in [-0.3, -0.25) is 0 Å². The first kappa shape index (κ1) is 7.95. The number of pyridine rings is 1. The Morgan fingerprint density at radius 2 is 2.36 bits per heavy atom. The summed E-state index contributed by atoms with van der Waals surface area (Å²) in [5, 5.41) is 19.0. The molecule has 1 aromatic rings. The highest BCUT2D eigenvalue weighted by Gasteiger charge is 2.12. The van der Waals surface area contributed by atoms with Gasteiger partial charge in [-0.2, -0.15) is 14.4 Å². The molecule has 0 spiro atoms. The Bertz CT molecular complexity index is 311. The first-order valence-corrected chi connectivity index (χ1v) is 3.42. The molecule has 0 aromatic carbocycles. The van der Waals surface area contributed by atoms with E-state index in [4.69, 9.17) is 5.26 Å². The predicted molar refractivity (Wildman–Crippen MR) is 37.8 cm³/mol. The van der Waals surface area contributed by atoms with Crippen molar-refractivity contribution >= 4 is 15.9 Å². The van der Waals surface area contributed by atoms with Crippen molar-refractivity contribution in [3.05, 3.63) is 33.5 Å². The summed E-state index contributed by atoms with van der Waals surface area (Å²) in [6, 6.07) is 2.51. The smallest absolute Gasteiger partial charge is 0.330 e. The molecule has 0 saturated carbocycles. The lowest BCUT2D eigenvalue weighted by Gasteiger charge is -1.98. The number of rotatable bonds is 0. The highest BCUT2D eigenvalue weighted by atomic mass is 79.9. The van der Waals surface area contributed by atoms with E-state index in [1.165, 1.54) is 6.07 Å². The van der Waals surface area contributed by atoms with Crippen molar-refractivity contribution in [2.24, 2.45) is 0 Å². The zero-order chi connectivity index (χ0) is 8.43. The van der Waals surface area contributed by atoms with Gasteiger partial charge in [0.15, 0.2) is 12.3 Å². The summed E-state index contributed by atoms with van der Waals surface area (Å²) in [4.78, 5) is 0. The number of aromatic nitrogens is 1. The fraction of sp³-hybridized carbons (Fsp3) is 0. The third kappa shape index (κ3) is 1.46. The van der Waals surface area contributed by atoms with Gasteiger partial charge in [0, 0.05) is 6.07 Å². The van der Waals surface area contributed by atoms with Crippen LogP contribution < -0.4 is 4.73 Å². The quantitative estimate of drug-likeness (QED) is 0.482. The number of nitrogens with zero attached hydrogens (tertiary/aromatic N) is 2. The molecule has 0 unspecified atom stereocenters. The second kappa shape index (κ2) is 2.84. The summed E-state index contributed by atoms with van der Waals surface area (Å²) >= 11 is 2.91. The number of halogens is 2. The van der Waals surface area contributed by atoms with Gasteiger partial charge < -0.3 is 5.21 Å². The normalized spacial score (nSPS) is 9.18. The van der Waals surface area contributed by atoms with Gasteiger partial charge in [0.1, 0.15) is 0 Å². The second-order valence-corrected chi connectivity index (χ2v) is 2.71. The Balaban J connectivity index is 3.40. The van der Waals surface area contributed by atoms with Crippen LogP contribution >= 0.6 is 15.9 Å². The molecule has 11 heavy (non-hydrogen) atoms. The van der Waals surface area contributed by atoms with Crippen LogP contribution in [0.15, 0.2) is 16.7 Å². The van der Waals surface area contributed by atoms with Gasteiger partial charge in [-0.05, 0) is 15.9 Å². The maximum absolute atomic E-state index is 12.6. The van der Waals surface area contributed by atoms with Crippen LogP contribution in [0.3, 0.4) is 0 Å². The molecular weight excluding hydrogens is 215 g/mol. The summed E-state index contributed by atoms with van der Waals surface area (Å²) in [5.74, 6) is -0.822. The number of hydrogen-bond donors (Lipinski definition) is 0. The maximum atomic E-state index is 12.6. The Hall–Kier alpha value is -1.15. The third-order valence-corrected chi connectivity index (χ3v) is 1.49. The number of hydrogen-bond acceptors (Lipinski definition) is 2. The zero-order valence-corrected chi connectivity index (χ0v) is 6.80. The molecule has 56 valence electrons. The van der Waals surface area contributed by atoms with E-state index in [9.17, 15) is 9.60 Å². The van der Waals surface area contributed by atoms with Crippen LogP contribution in [0.2, 0.25) is 0 Å². The fourth-order valence-electron chi connectivity index (χ4n) is 0.611. The molecule has 0 aliphatic carbocycles. The van der Waals surface area contributed by atoms with E-state index in [1.807, 2.05) is 0 Å². The largest absolute Gasteiger partial charge is 0.618 e. The SMILES string of the molecule is N#Cc1c(F)cc(Br)c[n+]1[O-]. The van der Waals surface area contributed by atoms with Crippen molar-refractivity contribution in [2.45, 2.75) is 0 Å². The maximum Gasteiger partial charge on any atom is 0.330 e. The fourth-order valence-corrected chi connectivity index (χ4v) is 0.998. The average molecular weight is 217 g/mol. The van der Waals surface area contributed by atoms with Crippen LogP contribution in [0.25, 0.3) is 0 Å². The lowest BCUT2D eigenvalue weighted by Crippen LogP contribution is -2.31. The third-order valence-electron chi connectivity index (χ3n) is 1.06. The van der Waals surface area contributed by atoms with E-state index in [-0.39, 0.29) is 4.73 Å². The van der Waals surface area contributed by atoms with E-state index >= 15 is 0 Å². The molecule has 0 atom stereocenters. The Morgan fingerprint density at radius 1 is 1.73 bits per heavy atom. The minimum Gasteiger partial charge on any atom is -0.618 e. The van der Waals surface area contributed by atoms with Crippen LogP contribution in [0.5, 0.6) is 0 Å². The van der Waals surface area contributed by atoms with Crippen molar-refractivity contribution in [3.8, 4) is 6.07 Å². The van der Waals surface area contributed by atoms with Gasteiger partial charge in [0.05, 0.1) is 4.47 Å². The summed E-state index contributed by atoms with van der Waals surface area (Å²) in [6.07, 6.45) is 1.07. The molecule has 0 N–H and O–H groups in total. The molecule has 1 rings (SSSR count). The standard InChI is InChI=1S/C6H2BrFN2O/c7-4-1-5(8)6(2-9)10(11)3-4/h1,3H. The van der Waals surface area contributed by atoms with Crippen LogP contribution in [0, 0.1) is 22.4 Å². The molecule has 0 saturated heterocycles. The number of nitriles is 1. The highest BCUT2D eigenvalue weighted by Crippen LogP contribution is 2.09. The Kier molecular flexibility index (Phi) is 2.06. The van der Waals surface area contributed by atoms with Crippen molar-refractivity contribution < 1.29 is 9.12 Å². The molecule has 1 heterocycles. The van der Waals surface area contributed by atoms with Gasteiger partial charge in [0.25, 0.3) is 0 Å². The van der Waals surface area contributed by atoms with E-state index in [0.29, 0.717) is 4.47 Å². The van der Waals surface area contributed by atoms with Crippen molar-refractivity contribution in [3.63, 3.8) is 0 Å². The van der Waals surface area contributed by atoms with E-state index < -0.39 is 11.5 Å². The van der Waals surface area contributed by atoms with E-state index in [0.717, 1.165) is 12.3 Å². The van der Waals surface area contributed by atoms with E-state index in [1.54, 1.807) is 0 Å². The Labute approximate surface area is 70.4 Å². The summed E-state index contributed by atoms with van der Waals surface area (Å²) in [7, 11) is 0. The predicted octanol–water partition coefficient (Wildman–Crippen LogP) is 1.09. The molecule has 5 heteroatoms. The lowest BCUT2D eigenvalue weighted by molar-refractivity contribution is -0.610. The van der Waals surface area contributed by atoms with Crippen LogP contribution in [0.4, 0.5) is 4.39 Å². The molecular formula is C6H2BrFN2O. The summed E-state index contributed by atoms with van der Waals surface area (Å²) in [5.41, 5.74) is -0.520. The van der Waals surface area contributed by atoms with Gasteiger partial charge in [0.2, 0.25) is 5.82 Å². The second-order valence-electron chi connectivity index (χ2n) is 1.79. The molecule has 0 radical (unpaired) electrons. The molecule has 0 bridgehead atoms. The molecule has 0 aliphatic rings. The molecule has 0 amide bonds. The Morgan fingerprint density at radius 3 is 2.82 bits per heavy atom. The van der Waals surface area contributed by atoms with Gasteiger partial charge in [-0.25, -0.2) is 0 Å². The highest BCUT2D eigenvalue weighted by molar-refractivity contribution is 9.10. The summed E-state index contributed by atoms with van der Waals surface area (Å²) < 4.78 is 13.1. The summed E-state index contributed by atoms with van der Waals surface area (Å²) in [6.45, 7) is 0. The molecule has 3 nitrogen and oxygen atoms in total. The van der Waals surface area contributed by atoms with Crippen molar-refractivity contribution in [1.29, 1.82) is 5.26 Å². The van der Waals surface area contributed by atoms with E-state index in [2.05, 4.69) is 15.9 Å². The monoisotopic (exact) mass is 216 g/mol. The lowest BCUT2D eigenvalue weighted by atomic mass is 10.3. The topological polar surface area (TPSA) is 50.7 Å². The zero-order valence-electron chi connectivity index (χ0n) is 5.21.